The van der Waals surface area contributed by atoms with Crippen LogP contribution >= 0.6 is 7.82 Å². The molecular weight excluding hydrogens is 1290 g/mol. The maximum Gasteiger partial charge on any atom is 0.470 e. The summed E-state index contributed by atoms with van der Waals surface area (Å²) >= 11 is 0. The van der Waals surface area contributed by atoms with Crippen LogP contribution < -0.4 is 10.6 Å². The number of aliphatic hydroxyl groups excluding tert-OH is 2. The first kappa shape index (κ1) is 94.8. The zero-order valence-electron chi connectivity index (χ0n) is 64.5. The van der Waals surface area contributed by atoms with E-state index < -0.39 is 112 Å². The lowest BCUT2D eigenvalue weighted by Crippen LogP contribution is -2.75. The van der Waals surface area contributed by atoms with Crippen LogP contribution in [0.25, 0.3) is 0 Å². The van der Waals surface area contributed by atoms with Gasteiger partial charge in [-0.15, -0.1) is 0 Å². The fourth-order valence-electron chi connectivity index (χ4n) is 13.7. The van der Waals surface area contributed by atoms with Crippen molar-refractivity contribution >= 4 is 43.5 Å². The van der Waals surface area contributed by atoms with Gasteiger partial charge in [-0.3, -0.25) is 33.3 Å². The Morgan fingerprint density at radius 2 is 0.700 bits per heavy atom. The number of phosphoric ester groups is 1. The highest BCUT2D eigenvalue weighted by atomic mass is 31.2. The number of unbranched alkanes of at least 4 members (excludes halogenated alkanes) is 42. The molecule has 0 aliphatic carbocycles. The van der Waals surface area contributed by atoms with E-state index in [2.05, 4.69) is 52.2 Å². The quantitative estimate of drug-likeness (QED) is 0.0143. The molecule has 1 saturated heterocycles. The molecule has 100 heavy (non-hydrogen) atoms. The first-order chi connectivity index (χ1) is 48.4. The van der Waals surface area contributed by atoms with E-state index in [1.165, 1.54) is 57.8 Å². The third kappa shape index (κ3) is 51.1. The summed E-state index contributed by atoms with van der Waals surface area (Å²) in [5, 5.41) is 29.0. The molecule has 588 valence electrons. The Labute approximate surface area is 608 Å². The van der Waals surface area contributed by atoms with E-state index in [4.69, 9.17) is 28.2 Å². The molecule has 0 aromatic carbocycles. The maximum absolute atomic E-state index is 15.1. The van der Waals surface area contributed by atoms with Crippen molar-refractivity contribution in [3.8, 4) is 0 Å². The van der Waals surface area contributed by atoms with Crippen LogP contribution in [0.2, 0.25) is 0 Å². The highest BCUT2D eigenvalue weighted by Gasteiger charge is 2.60. The van der Waals surface area contributed by atoms with Crippen molar-refractivity contribution in [3.05, 3.63) is 0 Å². The van der Waals surface area contributed by atoms with Crippen LogP contribution in [-0.2, 0) is 61.5 Å². The van der Waals surface area contributed by atoms with Gasteiger partial charge in [0.15, 0.2) is 12.4 Å². The van der Waals surface area contributed by atoms with E-state index in [9.17, 15) is 48.5 Å². The number of carbonyl (C=O) groups excluding carboxylic acids is 6. The normalized spacial score (nSPS) is 17.9. The number of phosphoric acid groups is 1. The van der Waals surface area contributed by atoms with E-state index in [1.807, 2.05) is 0 Å². The number of hydrogen-bond acceptors (Lipinski definition) is 15. The molecule has 8 atom stereocenters. The van der Waals surface area contributed by atoms with Gasteiger partial charge in [-0.05, 0) is 64.2 Å². The molecule has 2 amide bonds. The smallest absolute Gasteiger partial charge is 0.462 e. The SMILES string of the molecule is CCCCCCCCCCC[C@H](CC(=O)NCC[C@]1(NC(=O)C[C@@H](CCCCCCCCCCC)OC(=O)CCCCCCCCC)[C@H](O)O[C@H](CO)[C@@H](OP(=O)(O)O)[C@@H]1OC(=O)C[C@@H](CCCCCCCCCCC)OC(=O)CCCCCCCCC)OC(=O)CCCCCCCCC. The molecule has 6 N–H and O–H groups in total. The van der Waals surface area contributed by atoms with Crippen molar-refractivity contribution in [2.24, 2.45) is 0 Å². The van der Waals surface area contributed by atoms with Crippen molar-refractivity contribution in [3.63, 3.8) is 0 Å². The first-order valence-corrected chi connectivity index (χ1v) is 43.0. The number of aliphatic hydroxyl groups is 2. The topological polar surface area (TPSA) is 280 Å². The van der Waals surface area contributed by atoms with Crippen LogP contribution in [0.3, 0.4) is 0 Å². The molecule has 0 spiro atoms. The minimum absolute atomic E-state index is 0.136. The average Bonchev–Trinajstić information content (AvgIpc) is 0.747. The Morgan fingerprint density at radius 3 is 1.01 bits per heavy atom. The lowest BCUT2D eigenvalue weighted by molar-refractivity contribution is -0.285. The Hall–Kier alpha value is -3.19. The molecule has 0 aromatic rings. The molecule has 1 heterocycles. The monoisotopic (exact) mass is 1440 g/mol. The standard InChI is InChI=1S/C80H151N2O17P/c1-7-13-19-25-31-34-40-43-49-55-67(94-73(86)58-52-46-37-28-22-16-10-4)63-71(84)81-62-61-80(82-72(85)64-68(56-50-44-41-35-32-26-20-14-8-2)95-74(87)59-53-47-38-29-23-17-11-5)78(77(99-100(91,92)93)70(66-83)97-79(80)90)98-76(89)65-69(57-51-45-42-36-33-27-21-15-9-3)96-75(88)60-54-48-39-30-24-18-12-6/h67-70,77-79,83,90H,7-66H2,1-6H3,(H,81,84)(H,82,85)(H2,91,92,93)/t67-,68-,69-,70-,77-,78+,79-,80-/m1/s1. The summed E-state index contributed by atoms with van der Waals surface area (Å²) in [5.41, 5.74) is -2.39. The predicted molar refractivity (Wildman–Crippen MR) is 400 cm³/mol. The van der Waals surface area contributed by atoms with Crippen LogP contribution in [-0.4, -0.2) is 117 Å². The van der Waals surface area contributed by atoms with Gasteiger partial charge in [0.2, 0.25) is 11.8 Å². The molecule has 1 fully saturated rings. The van der Waals surface area contributed by atoms with Gasteiger partial charge in [-0.25, -0.2) is 4.57 Å². The second-order valence-electron chi connectivity index (χ2n) is 29.3. The first-order valence-electron chi connectivity index (χ1n) is 41.5. The molecule has 0 bridgehead atoms. The van der Waals surface area contributed by atoms with E-state index in [-0.39, 0.29) is 38.2 Å². The maximum atomic E-state index is 15.1. The number of carbonyl (C=O) groups is 6. The molecule has 1 rings (SSSR count). The van der Waals surface area contributed by atoms with E-state index in [1.54, 1.807) is 0 Å². The summed E-state index contributed by atoms with van der Waals surface area (Å²) in [4.78, 5) is 106. The molecular formula is C80H151N2O17P. The summed E-state index contributed by atoms with van der Waals surface area (Å²) in [6.07, 6.45) is 38.3. The summed E-state index contributed by atoms with van der Waals surface area (Å²) in [7, 11) is -5.59. The summed E-state index contributed by atoms with van der Waals surface area (Å²) in [5.74, 6) is -3.70. The molecule has 0 saturated carbocycles. The third-order valence-electron chi connectivity index (χ3n) is 19.8. The lowest BCUT2D eigenvalue weighted by atomic mass is 9.79. The Bertz CT molecular complexity index is 2060. The highest BCUT2D eigenvalue weighted by Crippen LogP contribution is 2.45. The van der Waals surface area contributed by atoms with Crippen molar-refractivity contribution in [2.75, 3.05) is 13.2 Å². The zero-order chi connectivity index (χ0) is 73.6. The molecule has 0 aromatic heterocycles. The second-order valence-corrected chi connectivity index (χ2v) is 30.5. The zero-order valence-corrected chi connectivity index (χ0v) is 65.4. The molecule has 19 nitrogen and oxygen atoms in total. The number of rotatable bonds is 71. The van der Waals surface area contributed by atoms with Gasteiger partial charge >= 0.3 is 31.7 Å². The Morgan fingerprint density at radius 1 is 0.410 bits per heavy atom. The fraction of sp³-hybridized carbons (Fsp3) is 0.925. The predicted octanol–water partition coefficient (Wildman–Crippen LogP) is 19.5. The Kier molecular flexibility index (Phi) is 60.9. The van der Waals surface area contributed by atoms with Crippen molar-refractivity contribution in [1.82, 2.24) is 10.6 Å². The summed E-state index contributed by atoms with van der Waals surface area (Å²) < 4.78 is 49.0. The fourth-order valence-corrected chi connectivity index (χ4v) is 14.3. The van der Waals surface area contributed by atoms with E-state index in [0.717, 1.165) is 218 Å². The van der Waals surface area contributed by atoms with Crippen LogP contribution in [0.15, 0.2) is 0 Å². The number of ether oxygens (including phenoxy) is 5. The van der Waals surface area contributed by atoms with Gasteiger partial charge in [0.05, 0.1) is 25.9 Å². The van der Waals surface area contributed by atoms with Gasteiger partial charge in [-0.1, -0.05) is 311 Å². The minimum atomic E-state index is -5.59. The lowest BCUT2D eigenvalue weighted by Gasteiger charge is -2.51. The highest BCUT2D eigenvalue weighted by molar-refractivity contribution is 7.46. The van der Waals surface area contributed by atoms with E-state index >= 15 is 4.79 Å². The number of esters is 4. The Balaban J connectivity index is 3.91. The summed E-state index contributed by atoms with van der Waals surface area (Å²) in [6.45, 7) is 11.7. The minimum Gasteiger partial charge on any atom is -0.462 e. The van der Waals surface area contributed by atoms with Crippen LogP contribution in [0.5, 0.6) is 0 Å². The largest absolute Gasteiger partial charge is 0.470 e. The molecule has 1 aliphatic heterocycles. The van der Waals surface area contributed by atoms with Gasteiger partial charge in [0.25, 0.3) is 0 Å². The number of nitrogens with one attached hydrogen (secondary N) is 2. The number of amides is 2. The molecule has 0 unspecified atom stereocenters. The van der Waals surface area contributed by atoms with Crippen LogP contribution in [0.4, 0.5) is 0 Å². The van der Waals surface area contributed by atoms with Crippen LogP contribution in [0, 0.1) is 0 Å². The van der Waals surface area contributed by atoms with Gasteiger partial charge in [0.1, 0.15) is 36.1 Å². The number of hydrogen-bond donors (Lipinski definition) is 6. The van der Waals surface area contributed by atoms with Gasteiger partial charge < -0.3 is 54.3 Å². The third-order valence-corrected chi connectivity index (χ3v) is 20.3. The molecule has 20 heteroatoms. The molecule has 0 radical (unpaired) electrons. The average molecular weight is 1440 g/mol. The van der Waals surface area contributed by atoms with Crippen LogP contribution in [0.1, 0.15) is 414 Å². The second kappa shape index (κ2) is 64.2. The van der Waals surface area contributed by atoms with E-state index in [0.29, 0.717) is 51.4 Å². The van der Waals surface area contributed by atoms with Gasteiger partial charge in [0, 0.05) is 25.8 Å². The van der Waals surface area contributed by atoms with Crippen molar-refractivity contribution < 1.29 is 81.5 Å². The van der Waals surface area contributed by atoms with Gasteiger partial charge in [-0.2, -0.15) is 0 Å². The summed E-state index contributed by atoms with van der Waals surface area (Å²) in [6, 6.07) is 0. The van der Waals surface area contributed by atoms with Crippen molar-refractivity contribution in [1.29, 1.82) is 0 Å². The van der Waals surface area contributed by atoms with Crippen molar-refractivity contribution in [2.45, 2.75) is 462 Å². The molecule has 1 aliphatic rings.